The highest BCUT2D eigenvalue weighted by atomic mass is 32.1. The third kappa shape index (κ3) is 3.28. The molecule has 9 heteroatoms. The summed E-state index contributed by atoms with van der Waals surface area (Å²) < 4.78 is 39.8. The number of halogens is 3. The van der Waals surface area contributed by atoms with Gasteiger partial charge in [0.15, 0.2) is 5.65 Å². The number of rotatable bonds is 3. The quantitative estimate of drug-likeness (QED) is 0.516. The molecule has 1 N–H and O–H groups in total. The van der Waals surface area contributed by atoms with Crippen LogP contribution in [0, 0.1) is 11.8 Å². The predicted octanol–water partition coefficient (Wildman–Crippen LogP) is 4.87. The smallest absolute Gasteiger partial charge is 0.387 e. The molecule has 0 bridgehead atoms. The Balaban J connectivity index is 1.41. The minimum absolute atomic E-state index is 0.0195. The normalized spacial score (nSPS) is 20.9. The molecule has 5 rings (SSSR count). The van der Waals surface area contributed by atoms with E-state index in [9.17, 15) is 18.3 Å². The lowest BCUT2D eigenvalue weighted by molar-refractivity contribution is -0.212. The lowest BCUT2D eigenvalue weighted by atomic mass is 9.71. The zero-order valence-corrected chi connectivity index (χ0v) is 16.2. The number of pyridine rings is 2. The van der Waals surface area contributed by atoms with Crippen molar-refractivity contribution in [3.8, 4) is 11.3 Å². The van der Waals surface area contributed by atoms with Crippen molar-refractivity contribution >= 4 is 32.6 Å². The highest BCUT2D eigenvalue weighted by Crippen LogP contribution is 2.50. The summed E-state index contributed by atoms with van der Waals surface area (Å²) in [6, 6.07) is 7.59. The molecule has 4 heterocycles. The average molecular weight is 418 g/mol. The Hall–Kier alpha value is -2.52. The van der Waals surface area contributed by atoms with Crippen LogP contribution < -0.4 is 0 Å². The lowest BCUT2D eigenvalue weighted by Gasteiger charge is -2.38. The van der Waals surface area contributed by atoms with Gasteiger partial charge in [-0.15, -0.1) is 11.3 Å². The zero-order valence-electron chi connectivity index (χ0n) is 15.4. The number of fused-ring (bicyclic) bond motifs is 2. The van der Waals surface area contributed by atoms with Crippen LogP contribution in [0.2, 0.25) is 0 Å². The Kier molecular flexibility index (Phi) is 4.15. The number of hydrogen-bond acceptors (Lipinski definition) is 5. The molecule has 4 aromatic rings. The van der Waals surface area contributed by atoms with Crippen LogP contribution in [0.25, 0.3) is 32.5 Å². The van der Waals surface area contributed by atoms with Gasteiger partial charge in [-0.3, -0.25) is 4.68 Å². The Morgan fingerprint density at radius 2 is 2.00 bits per heavy atom. The fourth-order valence-corrected chi connectivity index (χ4v) is 4.95. The summed E-state index contributed by atoms with van der Waals surface area (Å²) in [4.78, 5) is 10.4. The van der Waals surface area contributed by atoms with Gasteiger partial charge in [-0.2, -0.15) is 18.3 Å². The maximum atomic E-state index is 12.7. The van der Waals surface area contributed by atoms with Gasteiger partial charge in [-0.05, 0) is 43.0 Å². The van der Waals surface area contributed by atoms with E-state index in [1.807, 2.05) is 37.5 Å². The second-order valence-electron chi connectivity index (χ2n) is 7.59. The van der Waals surface area contributed by atoms with Gasteiger partial charge in [0.05, 0.1) is 17.7 Å². The highest BCUT2D eigenvalue weighted by molar-refractivity contribution is 7.18. The monoisotopic (exact) mass is 418 g/mol. The number of aromatic nitrogens is 4. The van der Waals surface area contributed by atoms with E-state index in [1.54, 1.807) is 10.9 Å². The number of alkyl halides is 3. The molecule has 1 aliphatic rings. The van der Waals surface area contributed by atoms with Crippen molar-refractivity contribution in [1.82, 2.24) is 19.7 Å². The van der Waals surface area contributed by atoms with E-state index >= 15 is 0 Å². The molecular formula is C20H17F3N4OS. The second kappa shape index (κ2) is 6.50. The number of aliphatic hydroxyl groups is 1. The Morgan fingerprint density at radius 1 is 1.21 bits per heavy atom. The molecule has 0 saturated heterocycles. The number of hydrogen-bond donors (Lipinski definition) is 1. The third-order valence-corrected chi connectivity index (χ3v) is 6.66. The predicted molar refractivity (Wildman–Crippen MR) is 104 cm³/mol. The molecule has 150 valence electrons. The SMILES string of the molecule is Cn1cc2cc(-c3ccc4cc([C@H](O)C5CC(C(F)(F)F)C5)sc4n3)cnc2n1. The Morgan fingerprint density at radius 3 is 2.76 bits per heavy atom. The van der Waals surface area contributed by atoms with E-state index in [2.05, 4.69) is 15.1 Å². The largest absolute Gasteiger partial charge is 0.391 e. The second-order valence-corrected chi connectivity index (χ2v) is 8.66. The van der Waals surface area contributed by atoms with Crippen LogP contribution in [0.1, 0.15) is 23.8 Å². The van der Waals surface area contributed by atoms with E-state index in [1.165, 1.54) is 11.3 Å². The summed E-state index contributed by atoms with van der Waals surface area (Å²) in [6.45, 7) is 0. The molecule has 0 unspecified atom stereocenters. The summed E-state index contributed by atoms with van der Waals surface area (Å²) >= 11 is 1.33. The topological polar surface area (TPSA) is 63.8 Å². The van der Waals surface area contributed by atoms with Gasteiger partial charge in [0.25, 0.3) is 0 Å². The summed E-state index contributed by atoms with van der Waals surface area (Å²) in [6.07, 6.45) is -1.49. The summed E-state index contributed by atoms with van der Waals surface area (Å²) in [5, 5.41) is 16.6. The number of nitrogens with zero attached hydrogens (tertiary/aromatic N) is 4. The number of thiophene rings is 1. The maximum absolute atomic E-state index is 12.7. The van der Waals surface area contributed by atoms with E-state index in [4.69, 9.17) is 0 Å². The van der Waals surface area contributed by atoms with Gasteiger partial charge >= 0.3 is 6.18 Å². The van der Waals surface area contributed by atoms with E-state index in [0.29, 0.717) is 10.5 Å². The van der Waals surface area contributed by atoms with Crippen LogP contribution in [0.3, 0.4) is 0 Å². The standard InChI is InChI=1S/C20H17F3N4OS/c1-27-9-13-4-12(8-24-18(13)26-27)15-3-2-10-7-16(29-19(10)25-15)17(28)11-5-14(6-11)20(21,22)23/h2-4,7-9,11,14,17,28H,5-6H2,1H3/t11?,14?,17-/m1/s1. The summed E-state index contributed by atoms with van der Waals surface area (Å²) in [7, 11) is 1.84. The average Bonchev–Trinajstić information content (AvgIpc) is 3.19. The molecule has 1 saturated carbocycles. The van der Waals surface area contributed by atoms with Crippen LogP contribution >= 0.6 is 11.3 Å². The minimum Gasteiger partial charge on any atom is -0.387 e. The van der Waals surface area contributed by atoms with Crippen molar-refractivity contribution in [3.05, 3.63) is 41.5 Å². The van der Waals surface area contributed by atoms with E-state index in [-0.39, 0.29) is 18.8 Å². The van der Waals surface area contributed by atoms with Crippen molar-refractivity contribution in [3.63, 3.8) is 0 Å². The number of aliphatic hydroxyl groups excluding tert-OH is 1. The molecule has 0 amide bonds. The van der Waals surface area contributed by atoms with Gasteiger partial charge in [0, 0.05) is 40.7 Å². The van der Waals surface area contributed by atoms with E-state index in [0.717, 1.165) is 26.9 Å². The maximum Gasteiger partial charge on any atom is 0.391 e. The van der Waals surface area contributed by atoms with Gasteiger partial charge in [-0.25, -0.2) is 9.97 Å². The summed E-state index contributed by atoms with van der Waals surface area (Å²) in [5.41, 5.74) is 2.27. The van der Waals surface area contributed by atoms with Crippen molar-refractivity contribution in [2.75, 3.05) is 0 Å². The number of aryl methyl sites for hydroxylation is 1. The van der Waals surface area contributed by atoms with Crippen LogP contribution in [0.5, 0.6) is 0 Å². The molecular weight excluding hydrogens is 401 g/mol. The van der Waals surface area contributed by atoms with Crippen LogP contribution in [-0.4, -0.2) is 31.0 Å². The van der Waals surface area contributed by atoms with Crippen molar-refractivity contribution in [2.24, 2.45) is 18.9 Å². The summed E-state index contributed by atoms with van der Waals surface area (Å²) in [5.74, 6) is -1.65. The molecule has 1 fully saturated rings. The molecule has 0 aromatic carbocycles. The highest BCUT2D eigenvalue weighted by Gasteiger charge is 2.50. The van der Waals surface area contributed by atoms with Crippen LogP contribution in [0.4, 0.5) is 13.2 Å². The molecule has 29 heavy (non-hydrogen) atoms. The lowest BCUT2D eigenvalue weighted by Crippen LogP contribution is -2.38. The van der Waals surface area contributed by atoms with Gasteiger partial charge in [-0.1, -0.05) is 0 Å². The Bertz CT molecular complexity index is 1210. The first-order valence-corrected chi connectivity index (χ1v) is 10.0. The molecule has 1 aliphatic carbocycles. The van der Waals surface area contributed by atoms with Crippen molar-refractivity contribution in [1.29, 1.82) is 0 Å². The van der Waals surface area contributed by atoms with Gasteiger partial charge in [0.2, 0.25) is 0 Å². The van der Waals surface area contributed by atoms with Crippen LogP contribution in [0.15, 0.2) is 36.7 Å². The fraction of sp³-hybridized carbons (Fsp3) is 0.350. The Labute approximate surface area is 167 Å². The van der Waals surface area contributed by atoms with E-state index < -0.39 is 18.2 Å². The zero-order chi connectivity index (χ0) is 20.3. The van der Waals surface area contributed by atoms with Crippen LogP contribution in [-0.2, 0) is 7.05 Å². The van der Waals surface area contributed by atoms with Crippen molar-refractivity contribution < 1.29 is 18.3 Å². The third-order valence-electron chi connectivity index (χ3n) is 5.55. The van der Waals surface area contributed by atoms with Gasteiger partial charge < -0.3 is 5.11 Å². The first-order chi connectivity index (χ1) is 13.8. The van der Waals surface area contributed by atoms with Gasteiger partial charge in [0.1, 0.15) is 4.83 Å². The first kappa shape index (κ1) is 18.5. The first-order valence-electron chi connectivity index (χ1n) is 9.23. The molecule has 0 spiro atoms. The molecule has 4 aromatic heterocycles. The molecule has 1 atom stereocenters. The molecule has 0 aliphatic heterocycles. The van der Waals surface area contributed by atoms with Crippen molar-refractivity contribution in [2.45, 2.75) is 25.1 Å². The molecule has 5 nitrogen and oxygen atoms in total. The molecule has 0 radical (unpaired) electrons. The minimum atomic E-state index is -4.17. The fourth-order valence-electron chi connectivity index (χ4n) is 3.84.